The lowest BCUT2D eigenvalue weighted by atomic mass is 9.94. The summed E-state index contributed by atoms with van der Waals surface area (Å²) in [7, 11) is 0. The van der Waals surface area contributed by atoms with Crippen molar-refractivity contribution < 1.29 is 0 Å². The van der Waals surface area contributed by atoms with Crippen LogP contribution in [0.2, 0.25) is 0 Å². The van der Waals surface area contributed by atoms with Gasteiger partial charge in [0, 0.05) is 63.4 Å². The van der Waals surface area contributed by atoms with Crippen molar-refractivity contribution in [3.63, 3.8) is 0 Å². The van der Waals surface area contributed by atoms with Crippen molar-refractivity contribution in [2.75, 3.05) is 0 Å². The largest absolute Gasteiger partial charge is 0.264 e. The molecule has 0 saturated carbocycles. The van der Waals surface area contributed by atoms with E-state index in [4.69, 9.17) is 15.0 Å². The van der Waals surface area contributed by atoms with Gasteiger partial charge < -0.3 is 0 Å². The van der Waals surface area contributed by atoms with Crippen LogP contribution in [-0.4, -0.2) is 24.9 Å². The van der Waals surface area contributed by atoms with Gasteiger partial charge in [-0.3, -0.25) is 9.97 Å². The van der Waals surface area contributed by atoms with Crippen LogP contribution in [0, 0.1) is 0 Å². The van der Waals surface area contributed by atoms with E-state index >= 15 is 0 Å². The lowest BCUT2D eigenvalue weighted by molar-refractivity contribution is 1.32. The molecule has 0 atom stereocenters. The van der Waals surface area contributed by atoms with Crippen LogP contribution in [0.3, 0.4) is 0 Å². The second-order valence-electron chi connectivity index (χ2n) is 11.4. The summed E-state index contributed by atoms with van der Waals surface area (Å²) in [6.07, 6.45) is 7.42. The normalized spacial score (nSPS) is 11.4. The number of para-hydroxylation sites is 1. The van der Waals surface area contributed by atoms with Gasteiger partial charge in [-0.05, 0) is 47.5 Å². The maximum atomic E-state index is 5.35. The van der Waals surface area contributed by atoms with Gasteiger partial charge in [0.05, 0.1) is 32.6 Å². The van der Waals surface area contributed by atoms with Gasteiger partial charge in [0.2, 0.25) is 0 Å². The van der Waals surface area contributed by atoms with Crippen LogP contribution in [0.4, 0.5) is 0 Å². The summed E-state index contributed by atoms with van der Waals surface area (Å²) in [6, 6.07) is 43.9. The number of hydrogen-bond acceptors (Lipinski definition) is 6. The average molecular weight is 620 g/mol. The number of thiazole rings is 1. The summed E-state index contributed by atoms with van der Waals surface area (Å²) >= 11 is 1.71. The molecule has 0 saturated heterocycles. The Hall–Kier alpha value is -6.11. The van der Waals surface area contributed by atoms with Gasteiger partial charge >= 0.3 is 0 Å². The minimum absolute atomic E-state index is 0.844. The van der Waals surface area contributed by atoms with Crippen molar-refractivity contribution in [1.29, 1.82) is 0 Å². The number of nitrogens with zero attached hydrogens (tertiary/aromatic N) is 5. The standard InChI is InChI=1S/C41H25N5S/c1-2-8-26(9-3-1)36-22-33(29-10-6-20-42-24-29)31-18-19-32-34(30-11-7-21-43-25-30)23-37(45-40(32)39(31)44-36)27-14-16-28(17-15-27)41-46-35-12-4-5-13-38(35)47-41/h1-25H. The summed E-state index contributed by atoms with van der Waals surface area (Å²) in [5.74, 6) is 0. The van der Waals surface area contributed by atoms with Gasteiger partial charge in [0.1, 0.15) is 5.01 Å². The third-order valence-electron chi connectivity index (χ3n) is 8.49. The summed E-state index contributed by atoms with van der Waals surface area (Å²) < 4.78 is 1.18. The Morgan fingerprint density at radius 3 is 1.53 bits per heavy atom. The van der Waals surface area contributed by atoms with Crippen LogP contribution in [0.1, 0.15) is 0 Å². The van der Waals surface area contributed by atoms with E-state index in [-0.39, 0.29) is 0 Å². The molecule has 47 heavy (non-hydrogen) atoms. The lowest BCUT2D eigenvalue weighted by Crippen LogP contribution is -1.96. The van der Waals surface area contributed by atoms with Crippen LogP contribution in [0.25, 0.3) is 87.4 Å². The Kier molecular flexibility index (Phi) is 6.58. The Morgan fingerprint density at radius 1 is 0.426 bits per heavy atom. The Bertz CT molecular complexity index is 2510. The van der Waals surface area contributed by atoms with Crippen LogP contribution >= 0.6 is 11.3 Å². The molecule has 220 valence electrons. The number of hydrogen-bond donors (Lipinski definition) is 0. The zero-order chi connectivity index (χ0) is 31.2. The molecule has 0 unspecified atom stereocenters. The predicted octanol–water partition coefficient (Wildman–Crippen LogP) is 10.5. The van der Waals surface area contributed by atoms with E-state index < -0.39 is 0 Å². The van der Waals surface area contributed by atoms with Gasteiger partial charge in [-0.2, -0.15) is 0 Å². The molecule has 5 aromatic heterocycles. The summed E-state index contributed by atoms with van der Waals surface area (Å²) in [5.41, 5.74) is 11.8. The molecule has 6 heteroatoms. The zero-order valence-electron chi connectivity index (χ0n) is 25.1. The fraction of sp³-hybridized carbons (Fsp3) is 0. The van der Waals surface area contributed by atoms with Crippen LogP contribution < -0.4 is 0 Å². The van der Waals surface area contributed by atoms with E-state index in [1.807, 2.05) is 48.8 Å². The molecule has 0 spiro atoms. The van der Waals surface area contributed by atoms with Crippen LogP contribution in [0.15, 0.2) is 152 Å². The fourth-order valence-corrected chi connectivity index (χ4v) is 7.15. The van der Waals surface area contributed by atoms with Crippen molar-refractivity contribution in [1.82, 2.24) is 24.9 Å². The van der Waals surface area contributed by atoms with Gasteiger partial charge in [0.15, 0.2) is 0 Å². The second-order valence-corrected chi connectivity index (χ2v) is 12.4. The lowest BCUT2D eigenvalue weighted by Gasteiger charge is -2.15. The molecule has 0 aliphatic rings. The maximum Gasteiger partial charge on any atom is 0.124 e. The highest BCUT2D eigenvalue weighted by Gasteiger charge is 2.17. The molecule has 9 aromatic rings. The van der Waals surface area contributed by atoms with Crippen LogP contribution in [0.5, 0.6) is 0 Å². The first kappa shape index (κ1) is 27.2. The van der Waals surface area contributed by atoms with Gasteiger partial charge in [0.25, 0.3) is 0 Å². The Labute approximate surface area is 275 Å². The highest BCUT2D eigenvalue weighted by molar-refractivity contribution is 7.21. The number of pyridine rings is 4. The van der Waals surface area contributed by atoms with Gasteiger partial charge in [-0.1, -0.05) is 91.0 Å². The Morgan fingerprint density at radius 2 is 0.957 bits per heavy atom. The number of benzene rings is 4. The zero-order valence-corrected chi connectivity index (χ0v) is 25.9. The van der Waals surface area contributed by atoms with Crippen molar-refractivity contribution in [3.8, 4) is 55.3 Å². The SMILES string of the molecule is c1ccc(-c2cc(-c3cccnc3)c3ccc4c(-c5cccnc5)cc(-c5ccc(-c6nc7ccccc7s6)cc5)nc4c3n2)cc1. The van der Waals surface area contributed by atoms with E-state index in [0.29, 0.717) is 0 Å². The number of aromatic nitrogens is 5. The van der Waals surface area contributed by atoms with Crippen molar-refractivity contribution in [2.45, 2.75) is 0 Å². The maximum absolute atomic E-state index is 5.35. The molecule has 5 nitrogen and oxygen atoms in total. The fourth-order valence-electron chi connectivity index (χ4n) is 6.18. The minimum atomic E-state index is 0.844. The van der Waals surface area contributed by atoms with Crippen molar-refractivity contribution >= 4 is 43.4 Å². The molecule has 0 radical (unpaired) electrons. The average Bonchev–Trinajstić information content (AvgIpc) is 3.60. The first-order valence-corrected chi connectivity index (χ1v) is 16.2. The first-order valence-electron chi connectivity index (χ1n) is 15.4. The molecule has 4 aromatic carbocycles. The second kappa shape index (κ2) is 11.4. The molecule has 0 amide bonds. The first-order chi connectivity index (χ1) is 23.3. The monoisotopic (exact) mass is 619 g/mol. The summed E-state index contributed by atoms with van der Waals surface area (Å²) in [6.45, 7) is 0. The van der Waals surface area contributed by atoms with E-state index in [9.17, 15) is 0 Å². The van der Waals surface area contributed by atoms with E-state index in [1.165, 1.54) is 4.70 Å². The van der Waals surface area contributed by atoms with E-state index in [2.05, 4.69) is 101 Å². The molecule has 0 aliphatic heterocycles. The van der Waals surface area contributed by atoms with Crippen LogP contribution in [-0.2, 0) is 0 Å². The Balaban J connectivity index is 1.29. The summed E-state index contributed by atoms with van der Waals surface area (Å²) in [5, 5.41) is 3.06. The third kappa shape index (κ3) is 4.92. The molecular formula is C41H25N5S. The smallest absolute Gasteiger partial charge is 0.124 e. The molecule has 0 bridgehead atoms. The summed E-state index contributed by atoms with van der Waals surface area (Å²) in [4.78, 5) is 24.4. The highest BCUT2D eigenvalue weighted by atomic mass is 32.1. The van der Waals surface area contributed by atoms with Gasteiger partial charge in [-0.15, -0.1) is 11.3 Å². The molecule has 9 rings (SSSR count). The molecular weight excluding hydrogens is 595 g/mol. The predicted molar refractivity (Wildman–Crippen MR) is 193 cm³/mol. The quantitative estimate of drug-likeness (QED) is 0.179. The molecule has 5 heterocycles. The third-order valence-corrected chi connectivity index (χ3v) is 9.58. The van der Waals surface area contributed by atoms with Crippen molar-refractivity contribution in [3.05, 3.63) is 152 Å². The van der Waals surface area contributed by atoms with E-state index in [1.54, 1.807) is 23.7 Å². The minimum Gasteiger partial charge on any atom is -0.264 e. The highest BCUT2D eigenvalue weighted by Crippen LogP contribution is 2.39. The number of fused-ring (bicyclic) bond motifs is 4. The van der Waals surface area contributed by atoms with Crippen molar-refractivity contribution in [2.24, 2.45) is 0 Å². The van der Waals surface area contributed by atoms with Gasteiger partial charge in [-0.25, -0.2) is 15.0 Å². The molecule has 0 N–H and O–H groups in total. The molecule has 0 fully saturated rings. The molecule has 0 aliphatic carbocycles. The van der Waals surface area contributed by atoms with E-state index in [0.717, 1.165) is 82.7 Å². The number of rotatable bonds is 5. The topological polar surface area (TPSA) is 64.5 Å².